The molecule has 1 saturated heterocycles. The molecule has 0 aromatic heterocycles. The second-order valence-electron chi connectivity index (χ2n) is 3.95. The van der Waals surface area contributed by atoms with Crippen molar-refractivity contribution in [3.05, 3.63) is 0 Å². The molecule has 3 nitrogen and oxygen atoms in total. The van der Waals surface area contributed by atoms with Gasteiger partial charge in [-0.15, -0.1) is 0 Å². The number of hydrogen-bond acceptors (Lipinski definition) is 3. The molecule has 4 heteroatoms. The number of carbonyl (C=O) groups is 1. The van der Waals surface area contributed by atoms with E-state index in [1.54, 1.807) is 0 Å². The Morgan fingerprint density at radius 3 is 3.07 bits per heavy atom. The lowest BCUT2D eigenvalue weighted by Crippen LogP contribution is -2.42. The summed E-state index contributed by atoms with van der Waals surface area (Å²) in [6, 6.07) is 0.0662. The average molecular weight is 216 g/mol. The molecule has 0 radical (unpaired) electrons. The fourth-order valence-corrected chi connectivity index (χ4v) is 2.34. The largest absolute Gasteiger partial charge is 0.354 e. The van der Waals surface area contributed by atoms with E-state index >= 15 is 0 Å². The molecule has 1 aliphatic rings. The SMILES string of the molecule is CSCC(C)CNC(=O)[C@@H]1CCCN1. The average Bonchev–Trinajstić information content (AvgIpc) is 2.67. The zero-order valence-electron chi connectivity index (χ0n) is 9.01. The lowest BCUT2D eigenvalue weighted by Gasteiger charge is -2.14. The highest BCUT2D eigenvalue weighted by atomic mass is 32.2. The molecule has 1 amide bonds. The summed E-state index contributed by atoms with van der Waals surface area (Å²) in [4.78, 5) is 11.6. The predicted molar refractivity (Wildman–Crippen MR) is 61.6 cm³/mol. The van der Waals surface area contributed by atoms with Crippen LogP contribution in [-0.4, -0.2) is 37.0 Å². The number of carbonyl (C=O) groups excluding carboxylic acids is 1. The molecule has 0 bridgehead atoms. The zero-order chi connectivity index (χ0) is 10.4. The molecule has 0 aliphatic carbocycles. The number of hydrogen-bond donors (Lipinski definition) is 2. The van der Waals surface area contributed by atoms with E-state index in [1.807, 2.05) is 11.8 Å². The van der Waals surface area contributed by atoms with Crippen molar-refractivity contribution >= 4 is 17.7 Å². The molecule has 1 fully saturated rings. The molecule has 0 saturated carbocycles. The third-order valence-corrected chi connectivity index (χ3v) is 3.36. The quantitative estimate of drug-likeness (QED) is 0.716. The van der Waals surface area contributed by atoms with Gasteiger partial charge in [-0.1, -0.05) is 6.92 Å². The van der Waals surface area contributed by atoms with Crippen LogP contribution in [0, 0.1) is 5.92 Å². The lowest BCUT2D eigenvalue weighted by molar-refractivity contribution is -0.122. The van der Waals surface area contributed by atoms with Crippen LogP contribution in [0.2, 0.25) is 0 Å². The first-order chi connectivity index (χ1) is 6.74. The first-order valence-electron chi connectivity index (χ1n) is 5.24. The fourth-order valence-electron chi connectivity index (χ4n) is 1.65. The number of rotatable bonds is 5. The fraction of sp³-hybridized carbons (Fsp3) is 0.900. The minimum atomic E-state index is 0.0662. The van der Waals surface area contributed by atoms with Gasteiger partial charge in [0.2, 0.25) is 5.91 Å². The highest BCUT2D eigenvalue weighted by Crippen LogP contribution is 2.06. The van der Waals surface area contributed by atoms with E-state index in [0.717, 1.165) is 31.7 Å². The standard InChI is InChI=1S/C10H20N2OS/c1-8(7-14-2)6-12-10(13)9-4-3-5-11-9/h8-9,11H,3-7H2,1-2H3,(H,12,13)/t8?,9-/m0/s1. The Hall–Kier alpha value is -0.220. The number of thioether (sulfide) groups is 1. The van der Waals surface area contributed by atoms with Crippen molar-refractivity contribution in [3.63, 3.8) is 0 Å². The molecule has 14 heavy (non-hydrogen) atoms. The second-order valence-corrected chi connectivity index (χ2v) is 4.87. The molecule has 1 unspecified atom stereocenters. The van der Waals surface area contributed by atoms with Gasteiger partial charge in [0.15, 0.2) is 0 Å². The van der Waals surface area contributed by atoms with Gasteiger partial charge in [0.05, 0.1) is 6.04 Å². The van der Waals surface area contributed by atoms with Gasteiger partial charge in [0, 0.05) is 6.54 Å². The molecule has 1 rings (SSSR count). The summed E-state index contributed by atoms with van der Waals surface area (Å²) in [7, 11) is 0. The monoisotopic (exact) mass is 216 g/mol. The summed E-state index contributed by atoms with van der Waals surface area (Å²) in [5.41, 5.74) is 0. The van der Waals surface area contributed by atoms with Gasteiger partial charge < -0.3 is 10.6 Å². The van der Waals surface area contributed by atoms with Gasteiger partial charge in [0.1, 0.15) is 0 Å². The van der Waals surface area contributed by atoms with Crippen LogP contribution < -0.4 is 10.6 Å². The Morgan fingerprint density at radius 2 is 2.50 bits per heavy atom. The summed E-state index contributed by atoms with van der Waals surface area (Å²) >= 11 is 1.83. The summed E-state index contributed by atoms with van der Waals surface area (Å²) in [6.45, 7) is 3.95. The van der Waals surface area contributed by atoms with E-state index in [4.69, 9.17) is 0 Å². The molecule has 1 heterocycles. The van der Waals surface area contributed by atoms with Crippen molar-refractivity contribution in [2.45, 2.75) is 25.8 Å². The van der Waals surface area contributed by atoms with Crippen LogP contribution in [-0.2, 0) is 4.79 Å². The zero-order valence-corrected chi connectivity index (χ0v) is 9.82. The molecule has 0 aromatic carbocycles. The van der Waals surface area contributed by atoms with Crippen LogP contribution in [0.15, 0.2) is 0 Å². The van der Waals surface area contributed by atoms with Crippen LogP contribution in [0.4, 0.5) is 0 Å². The van der Waals surface area contributed by atoms with E-state index in [2.05, 4.69) is 23.8 Å². The summed E-state index contributed by atoms with van der Waals surface area (Å²) in [6.07, 6.45) is 4.21. The maximum absolute atomic E-state index is 11.6. The topological polar surface area (TPSA) is 41.1 Å². The van der Waals surface area contributed by atoms with Crippen molar-refractivity contribution in [2.24, 2.45) is 5.92 Å². The second kappa shape index (κ2) is 6.30. The summed E-state index contributed by atoms with van der Waals surface area (Å²) in [5.74, 6) is 1.85. The van der Waals surface area contributed by atoms with Crippen molar-refractivity contribution in [2.75, 3.05) is 25.1 Å². The van der Waals surface area contributed by atoms with Crippen molar-refractivity contribution in [1.29, 1.82) is 0 Å². The van der Waals surface area contributed by atoms with E-state index in [1.165, 1.54) is 0 Å². The normalized spacial score (nSPS) is 23.4. The molecular weight excluding hydrogens is 196 g/mol. The molecule has 2 N–H and O–H groups in total. The molecule has 82 valence electrons. The van der Waals surface area contributed by atoms with Crippen LogP contribution in [0.25, 0.3) is 0 Å². The molecule has 2 atom stereocenters. The summed E-state index contributed by atoms with van der Waals surface area (Å²) in [5, 5.41) is 6.19. The predicted octanol–water partition coefficient (Wildman–Crippen LogP) is 0.854. The van der Waals surface area contributed by atoms with Gasteiger partial charge in [0.25, 0.3) is 0 Å². The third kappa shape index (κ3) is 3.88. The Balaban J connectivity index is 2.13. The molecule has 1 aliphatic heterocycles. The minimum absolute atomic E-state index is 0.0662. The smallest absolute Gasteiger partial charge is 0.237 e. The van der Waals surface area contributed by atoms with Crippen LogP contribution in [0.5, 0.6) is 0 Å². The number of amides is 1. The van der Waals surface area contributed by atoms with Crippen molar-refractivity contribution in [1.82, 2.24) is 10.6 Å². The van der Waals surface area contributed by atoms with Crippen LogP contribution in [0.1, 0.15) is 19.8 Å². The Morgan fingerprint density at radius 1 is 1.71 bits per heavy atom. The van der Waals surface area contributed by atoms with Crippen LogP contribution >= 0.6 is 11.8 Å². The van der Waals surface area contributed by atoms with Crippen molar-refractivity contribution in [3.8, 4) is 0 Å². The molecular formula is C10H20N2OS. The minimum Gasteiger partial charge on any atom is -0.354 e. The molecule has 0 spiro atoms. The van der Waals surface area contributed by atoms with E-state index in [9.17, 15) is 4.79 Å². The van der Waals surface area contributed by atoms with E-state index in [-0.39, 0.29) is 11.9 Å². The van der Waals surface area contributed by atoms with Gasteiger partial charge >= 0.3 is 0 Å². The maximum atomic E-state index is 11.6. The summed E-state index contributed by atoms with van der Waals surface area (Å²) < 4.78 is 0. The first kappa shape index (κ1) is 11.9. The third-order valence-electron chi connectivity index (χ3n) is 2.45. The Labute approximate surface area is 90.4 Å². The maximum Gasteiger partial charge on any atom is 0.237 e. The van der Waals surface area contributed by atoms with Crippen LogP contribution in [0.3, 0.4) is 0 Å². The van der Waals surface area contributed by atoms with Gasteiger partial charge in [-0.25, -0.2) is 0 Å². The Bertz CT molecular complexity index is 181. The van der Waals surface area contributed by atoms with Gasteiger partial charge in [-0.05, 0) is 37.3 Å². The first-order valence-corrected chi connectivity index (χ1v) is 6.63. The molecule has 0 aromatic rings. The van der Waals surface area contributed by atoms with E-state index < -0.39 is 0 Å². The van der Waals surface area contributed by atoms with Gasteiger partial charge in [-0.2, -0.15) is 11.8 Å². The highest BCUT2D eigenvalue weighted by Gasteiger charge is 2.21. The Kier molecular flexibility index (Phi) is 5.33. The van der Waals surface area contributed by atoms with Gasteiger partial charge in [-0.3, -0.25) is 4.79 Å². The van der Waals surface area contributed by atoms with E-state index in [0.29, 0.717) is 5.92 Å². The highest BCUT2D eigenvalue weighted by molar-refractivity contribution is 7.98. The van der Waals surface area contributed by atoms with Crippen molar-refractivity contribution < 1.29 is 4.79 Å². The lowest BCUT2D eigenvalue weighted by atomic mass is 10.2. The number of nitrogens with one attached hydrogen (secondary N) is 2.